The number of benzene rings is 2. The van der Waals surface area contributed by atoms with Gasteiger partial charge in [-0.25, -0.2) is 4.79 Å². The van der Waals surface area contributed by atoms with Crippen molar-refractivity contribution in [2.45, 2.75) is 44.6 Å². The molecule has 1 saturated carbocycles. The number of carbonyl (C=O) groups is 2. The molecule has 33 heavy (non-hydrogen) atoms. The van der Waals surface area contributed by atoms with Crippen molar-refractivity contribution < 1.29 is 28.6 Å². The molecule has 6 nitrogen and oxygen atoms in total. The van der Waals surface area contributed by atoms with E-state index in [0.29, 0.717) is 41.3 Å². The molecule has 2 aromatic carbocycles. The second kappa shape index (κ2) is 7.40. The third-order valence-electron chi connectivity index (χ3n) is 6.24. The maximum atomic E-state index is 14.0. The topological polar surface area (TPSA) is 85.7 Å². The number of hydrogen-bond donors (Lipinski definition) is 1. The van der Waals surface area contributed by atoms with Crippen LogP contribution in [-0.4, -0.2) is 27.9 Å². The molecule has 3 aromatic rings. The van der Waals surface area contributed by atoms with Gasteiger partial charge >= 0.3 is 12.0 Å². The number of ketones is 1. The Hall–Kier alpha value is -3.74. The number of hydrogen-bond acceptors (Lipinski definition) is 5. The van der Waals surface area contributed by atoms with E-state index in [9.17, 15) is 19.1 Å². The number of carbonyl (C=O) groups excluding carboxylic acids is 1. The van der Waals surface area contributed by atoms with E-state index in [2.05, 4.69) is 4.98 Å². The number of aromatic carboxylic acids is 1. The number of aromatic nitrogens is 1. The molecule has 1 N–H and O–H groups in total. The Balaban J connectivity index is 1.40. The molecule has 168 valence electrons. The highest BCUT2D eigenvalue weighted by molar-refractivity contribution is 5.94. The number of fused-ring (bicyclic) bond motifs is 1. The minimum Gasteiger partial charge on any atom is -0.478 e. The van der Waals surface area contributed by atoms with E-state index in [1.54, 1.807) is 36.4 Å². The molecule has 0 bridgehead atoms. The first-order chi connectivity index (χ1) is 15.7. The summed E-state index contributed by atoms with van der Waals surface area (Å²) in [5, 5.41) is 9.29. The number of halogens is 1. The summed E-state index contributed by atoms with van der Waals surface area (Å²) < 4.78 is 24.3. The Morgan fingerprint density at radius 3 is 2.55 bits per heavy atom. The van der Waals surface area contributed by atoms with Gasteiger partial charge in [0.2, 0.25) is 0 Å². The minimum atomic E-state index is -2.21. The van der Waals surface area contributed by atoms with Gasteiger partial charge in [-0.15, -0.1) is 0 Å². The largest absolute Gasteiger partial charge is 0.478 e. The normalized spacial score (nSPS) is 19.8. The molecule has 1 atom stereocenters. The van der Waals surface area contributed by atoms with E-state index in [0.717, 1.165) is 11.1 Å². The number of aryl methyl sites for hydroxylation is 1. The highest BCUT2D eigenvalue weighted by atomic mass is 19.2. The number of Topliss-reactive ketones (excluding diaryl/α,β-unsaturated/α-hetero) is 1. The van der Waals surface area contributed by atoms with Crippen molar-refractivity contribution in [3.05, 3.63) is 77.0 Å². The number of alkyl halides is 1. The van der Waals surface area contributed by atoms with E-state index >= 15 is 0 Å². The fraction of sp³-hybridized carbons (Fsp3) is 0.269. The first kappa shape index (κ1) is 21.1. The Morgan fingerprint density at radius 1 is 1.06 bits per heavy atom. The van der Waals surface area contributed by atoms with Crippen molar-refractivity contribution in [2.75, 3.05) is 0 Å². The predicted octanol–water partition coefficient (Wildman–Crippen LogP) is 5.01. The molecule has 2 aliphatic rings. The quantitative estimate of drug-likeness (QED) is 0.572. The molecule has 1 aliphatic heterocycles. The third kappa shape index (κ3) is 3.84. The number of ether oxygens (including phenoxy) is 2. The van der Waals surface area contributed by atoms with Gasteiger partial charge in [0.25, 0.3) is 0 Å². The molecule has 0 radical (unpaired) electrons. The molecule has 0 amide bonds. The van der Waals surface area contributed by atoms with Crippen LogP contribution in [-0.2, 0) is 16.6 Å². The first-order valence-corrected chi connectivity index (χ1v) is 10.7. The maximum absolute atomic E-state index is 14.0. The number of rotatable bonds is 6. The summed E-state index contributed by atoms with van der Waals surface area (Å²) in [4.78, 5) is 29.4. The summed E-state index contributed by atoms with van der Waals surface area (Å²) in [6, 6.07) is 13.2. The lowest BCUT2D eigenvalue weighted by molar-refractivity contribution is -0.173. The Kier molecular flexibility index (Phi) is 4.74. The van der Waals surface area contributed by atoms with Gasteiger partial charge in [0.15, 0.2) is 11.5 Å². The summed E-state index contributed by atoms with van der Waals surface area (Å²) >= 11 is 0. The number of carboxylic acid groups (broad SMARTS) is 1. The average Bonchev–Trinajstić information content (AvgIpc) is 3.52. The lowest BCUT2D eigenvalue weighted by Gasteiger charge is -2.16. The van der Waals surface area contributed by atoms with Gasteiger partial charge in [-0.2, -0.15) is 4.39 Å². The molecule has 7 heteroatoms. The van der Waals surface area contributed by atoms with Crippen LogP contribution >= 0.6 is 0 Å². The van der Waals surface area contributed by atoms with Crippen molar-refractivity contribution in [2.24, 2.45) is 0 Å². The van der Waals surface area contributed by atoms with E-state index in [1.165, 1.54) is 13.0 Å². The molecule has 5 rings (SSSR count). The molecular formula is C26H22FNO5. The zero-order chi connectivity index (χ0) is 23.4. The van der Waals surface area contributed by atoms with Gasteiger partial charge in [0, 0.05) is 24.6 Å². The van der Waals surface area contributed by atoms with Crippen LogP contribution < -0.4 is 9.47 Å². The fourth-order valence-electron chi connectivity index (χ4n) is 4.33. The molecule has 0 spiro atoms. The fourth-order valence-corrected chi connectivity index (χ4v) is 4.33. The van der Waals surface area contributed by atoms with Gasteiger partial charge in [-0.1, -0.05) is 24.3 Å². The SMILES string of the molecule is Cc1ccc(CC(=O)C2(c3ccc4c(c3)OC(C)(F)O4)CC2)nc1-c1cccc(C(=O)O)c1. The van der Waals surface area contributed by atoms with E-state index in [4.69, 9.17) is 9.47 Å². The van der Waals surface area contributed by atoms with Crippen molar-refractivity contribution >= 4 is 11.8 Å². The smallest absolute Gasteiger partial charge is 0.404 e. The van der Waals surface area contributed by atoms with Crippen LogP contribution in [0.1, 0.15) is 46.9 Å². The molecule has 0 saturated heterocycles. The number of carboxylic acids is 1. The van der Waals surface area contributed by atoms with E-state index in [-0.39, 0.29) is 17.8 Å². The summed E-state index contributed by atoms with van der Waals surface area (Å²) in [7, 11) is 0. The zero-order valence-corrected chi connectivity index (χ0v) is 18.2. The van der Waals surface area contributed by atoms with Crippen LogP contribution in [0, 0.1) is 6.92 Å². The van der Waals surface area contributed by atoms with Crippen LogP contribution in [0.2, 0.25) is 0 Å². The molecule has 1 aliphatic carbocycles. The molecule has 1 fully saturated rings. The van der Waals surface area contributed by atoms with Crippen LogP contribution in [0.3, 0.4) is 0 Å². The second-order valence-corrected chi connectivity index (χ2v) is 8.74. The second-order valence-electron chi connectivity index (χ2n) is 8.74. The lowest BCUT2D eigenvalue weighted by atomic mass is 9.88. The van der Waals surface area contributed by atoms with Crippen molar-refractivity contribution in [1.29, 1.82) is 0 Å². The lowest BCUT2D eigenvalue weighted by Crippen LogP contribution is -2.27. The number of pyridine rings is 1. The van der Waals surface area contributed by atoms with Crippen LogP contribution in [0.5, 0.6) is 11.5 Å². The highest BCUT2D eigenvalue weighted by Gasteiger charge is 2.51. The monoisotopic (exact) mass is 447 g/mol. The first-order valence-electron chi connectivity index (χ1n) is 10.7. The summed E-state index contributed by atoms with van der Waals surface area (Å²) in [6.07, 6.45) is 1.55. The van der Waals surface area contributed by atoms with Crippen LogP contribution in [0.15, 0.2) is 54.6 Å². The summed E-state index contributed by atoms with van der Waals surface area (Å²) in [5.74, 6) is -0.356. The van der Waals surface area contributed by atoms with Gasteiger partial charge < -0.3 is 14.6 Å². The highest BCUT2D eigenvalue weighted by Crippen LogP contribution is 2.52. The Morgan fingerprint density at radius 2 is 1.82 bits per heavy atom. The van der Waals surface area contributed by atoms with Gasteiger partial charge in [0.05, 0.1) is 16.7 Å². The van der Waals surface area contributed by atoms with Crippen LogP contribution in [0.25, 0.3) is 11.3 Å². The van der Waals surface area contributed by atoms with Crippen molar-refractivity contribution in [3.63, 3.8) is 0 Å². The number of nitrogens with zero attached hydrogens (tertiary/aromatic N) is 1. The molecule has 1 aromatic heterocycles. The standard InChI is InChI=1S/C26H22FNO5/c1-15-6-8-19(28-23(15)16-4-3-5-17(12-16)24(30)31)14-22(29)26(10-11-26)18-7-9-20-21(13-18)33-25(2,27)32-20/h3-9,12-13H,10-11,14H2,1-2H3,(H,30,31). The average molecular weight is 447 g/mol. The Labute approximate surface area is 190 Å². The molecular weight excluding hydrogens is 425 g/mol. The van der Waals surface area contributed by atoms with Crippen molar-refractivity contribution in [3.8, 4) is 22.8 Å². The van der Waals surface area contributed by atoms with Crippen molar-refractivity contribution in [1.82, 2.24) is 4.98 Å². The van der Waals surface area contributed by atoms with Gasteiger partial charge in [-0.05, 0) is 61.2 Å². The van der Waals surface area contributed by atoms with E-state index < -0.39 is 17.4 Å². The predicted molar refractivity (Wildman–Crippen MR) is 118 cm³/mol. The molecule has 2 heterocycles. The minimum absolute atomic E-state index is 0.0333. The molecule has 1 unspecified atom stereocenters. The van der Waals surface area contributed by atoms with Gasteiger partial charge in [0.1, 0.15) is 5.78 Å². The van der Waals surface area contributed by atoms with E-state index in [1.807, 2.05) is 19.1 Å². The maximum Gasteiger partial charge on any atom is 0.404 e. The Bertz CT molecular complexity index is 1300. The summed E-state index contributed by atoms with van der Waals surface area (Å²) in [5.41, 5.74) is 3.17. The third-order valence-corrected chi connectivity index (χ3v) is 6.24. The zero-order valence-electron chi connectivity index (χ0n) is 18.2. The summed E-state index contributed by atoms with van der Waals surface area (Å²) in [6.45, 7) is 3.09. The van der Waals surface area contributed by atoms with Crippen LogP contribution in [0.4, 0.5) is 4.39 Å². The van der Waals surface area contributed by atoms with Gasteiger partial charge in [-0.3, -0.25) is 9.78 Å².